The Balaban J connectivity index is 3.86. The van der Waals surface area contributed by atoms with E-state index >= 15 is 0 Å². The van der Waals surface area contributed by atoms with Crippen LogP contribution in [0.25, 0.3) is 0 Å². The van der Waals surface area contributed by atoms with Gasteiger partial charge in [-0.1, -0.05) is 20.8 Å². The lowest BCUT2D eigenvalue weighted by Crippen LogP contribution is -2.33. The summed E-state index contributed by atoms with van der Waals surface area (Å²) in [6.45, 7) is 9.61. The van der Waals surface area contributed by atoms with Crippen LogP contribution >= 0.6 is 0 Å². The van der Waals surface area contributed by atoms with Crippen LogP contribution in [-0.2, 0) is 4.79 Å². The molecule has 0 radical (unpaired) electrons. The zero-order valence-corrected chi connectivity index (χ0v) is 9.89. The van der Waals surface area contributed by atoms with E-state index in [0.717, 1.165) is 25.9 Å². The average Bonchev–Trinajstić information content (AvgIpc) is 2.00. The third kappa shape index (κ3) is 6.89. The maximum absolute atomic E-state index is 10.8. The first kappa shape index (κ1) is 13.4. The quantitative estimate of drug-likeness (QED) is 0.683. The molecule has 1 atom stereocenters. The summed E-state index contributed by atoms with van der Waals surface area (Å²) < 4.78 is 0. The van der Waals surface area contributed by atoms with Crippen molar-refractivity contribution in [1.82, 2.24) is 5.32 Å². The summed E-state index contributed by atoms with van der Waals surface area (Å²) in [5.74, 6) is 0.674. The fraction of sp³-hybridized carbons (Fsp3) is 0.909. The summed E-state index contributed by atoms with van der Waals surface area (Å²) >= 11 is 0. The van der Waals surface area contributed by atoms with Gasteiger partial charge in [-0.3, -0.25) is 4.79 Å². The normalized spacial score (nSPS) is 13.8. The third-order valence-electron chi connectivity index (χ3n) is 2.38. The van der Waals surface area contributed by atoms with Crippen molar-refractivity contribution in [2.75, 3.05) is 13.1 Å². The monoisotopic (exact) mass is 200 g/mol. The predicted molar refractivity (Wildman–Crippen MR) is 59.9 cm³/mol. The zero-order valence-electron chi connectivity index (χ0n) is 9.89. The molecule has 14 heavy (non-hydrogen) atoms. The van der Waals surface area contributed by atoms with Crippen molar-refractivity contribution in [3.63, 3.8) is 0 Å². The number of hydrogen-bond acceptors (Lipinski definition) is 2. The summed E-state index contributed by atoms with van der Waals surface area (Å²) in [5, 5.41) is 2.86. The first-order valence-corrected chi connectivity index (χ1v) is 5.32. The first-order chi connectivity index (χ1) is 6.37. The van der Waals surface area contributed by atoms with E-state index < -0.39 is 0 Å². The van der Waals surface area contributed by atoms with Gasteiger partial charge in [-0.15, -0.1) is 0 Å². The third-order valence-corrected chi connectivity index (χ3v) is 2.38. The number of hydrogen-bond donors (Lipinski definition) is 2. The summed E-state index contributed by atoms with van der Waals surface area (Å²) in [6, 6.07) is 0. The van der Waals surface area contributed by atoms with Crippen LogP contribution in [0, 0.1) is 11.3 Å². The minimum Gasteiger partial charge on any atom is -0.356 e. The lowest BCUT2D eigenvalue weighted by Gasteiger charge is -2.28. The Morgan fingerprint density at radius 1 is 1.50 bits per heavy atom. The highest BCUT2D eigenvalue weighted by molar-refractivity contribution is 5.72. The molecule has 0 heterocycles. The molecule has 0 aliphatic rings. The second kappa shape index (κ2) is 6.02. The summed E-state index contributed by atoms with van der Waals surface area (Å²) in [6.07, 6.45) is 2.16. The van der Waals surface area contributed by atoms with E-state index in [0.29, 0.717) is 5.92 Å². The SMILES string of the molecule is CC(=O)NCC(C)(C)CC(C)CCN. The van der Waals surface area contributed by atoms with Crippen LogP contribution in [-0.4, -0.2) is 19.0 Å². The maximum Gasteiger partial charge on any atom is 0.216 e. The largest absolute Gasteiger partial charge is 0.356 e. The minimum absolute atomic E-state index is 0.0459. The lowest BCUT2D eigenvalue weighted by molar-refractivity contribution is -0.119. The minimum atomic E-state index is 0.0459. The summed E-state index contributed by atoms with van der Waals surface area (Å²) in [7, 11) is 0. The molecule has 0 rings (SSSR count). The zero-order chi connectivity index (χ0) is 11.2. The number of amides is 1. The average molecular weight is 200 g/mol. The Morgan fingerprint density at radius 2 is 2.07 bits per heavy atom. The number of rotatable bonds is 6. The van der Waals surface area contributed by atoms with Gasteiger partial charge in [0.25, 0.3) is 0 Å². The smallest absolute Gasteiger partial charge is 0.216 e. The predicted octanol–water partition coefficient (Wildman–Crippen LogP) is 1.52. The molecule has 1 amide bonds. The molecule has 0 aliphatic heterocycles. The van der Waals surface area contributed by atoms with Crippen LogP contribution in [0.5, 0.6) is 0 Å². The molecule has 84 valence electrons. The van der Waals surface area contributed by atoms with Gasteiger partial charge in [0.2, 0.25) is 5.91 Å². The lowest BCUT2D eigenvalue weighted by atomic mass is 9.82. The van der Waals surface area contributed by atoms with Gasteiger partial charge in [0, 0.05) is 13.5 Å². The van der Waals surface area contributed by atoms with Gasteiger partial charge in [-0.05, 0) is 30.7 Å². The van der Waals surface area contributed by atoms with Gasteiger partial charge >= 0.3 is 0 Å². The van der Waals surface area contributed by atoms with E-state index in [1.54, 1.807) is 6.92 Å². The Labute approximate surface area is 87.4 Å². The van der Waals surface area contributed by atoms with Crippen molar-refractivity contribution in [2.24, 2.45) is 17.1 Å². The first-order valence-electron chi connectivity index (χ1n) is 5.32. The molecule has 0 aromatic carbocycles. The fourth-order valence-electron chi connectivity index (χ4n) is 1.77. The van der Waals surface area contributed by atoms with Gasteiger partial charge in [0.1, 0.15) is 0 Å². The van der Waals surface area contributed by atoms with Crippen molar-refractivity contribution in [2.45, 2.75) is 40.5 Å². The molecule has 0 spiro atoms. The molecule has 0 aromatic heterocycles. The molecule has 0 aromatic rings. The Hall–Kier alpha value is -0.570. The van der Waals surface area contributed by atoms with Gasteiger partial charge in [0.15, 0.2) is 0 Å². The molecular formula is C11H24N2O. The van der Waals surface area contributed by atoms with Crippen molar-refractivity contribution < 1.29 is 4.79 Å². The maximum atomic E-state index is 10.8. The van der Waals surface area contributed by atoms with Gasteiger partial charge in [-0.2, -0.15) is 0 Å². The van der Waals surface area contributed by atoms with Crippen LogP contribution < -0.4 is 11.1 Å². The number of nitrogens with two attached hydrogens (primary N) is 1. The molecule has 0 aliphatic carbocycles. The molecule has 1 unspecified atom stereocenters. The van der Waals surface area contributed by atoms with Crippen LogP contribution in [0.2, 0.25) is 0 Å². The van der Waals surface area contributed by atoms with Crippen molar-refractivity contribution in [1.29, 1.82) is 0 Å². The van der Waals surface area contributed by atoms with E-state index in [-0.39, 0.29) is 11.3 Å². The Morgan fingerprint density at radius 3 is 2.50 bits per heavy atom. The summed E-state index contributed by atoms with van der Waals surface area (Å²) in [4.78, 5) is 10.8. The van der Waals surface area contributed by atoms with Crippen LogP contribution in [0.3, 0.4) is 0 Å². The van der Waals surface area contributed by atoms with Gasteiger partial charge in [0.05, 0.1) is 0 Å². The molecule has 0 saturated heterocycles. The Kier molecular flexibility index (Phi) is 5.77. The van der Waals surface area contributed by atoms with E-state index in [9.17, 15) is 4.79 Å². The molecule has 0 saturated carbocycles. The number of carbonyl (C=O) groups is 1. The molecule has 3 heteroatoms. The van der Waals surface area contributed by atoms with Gasteiger partial charge in [-0.25, -0.2) is 0 Å². The number of carbonyl (C=O) groups excluding carboxylic acids is 1. The van der Waals surface area contributed by atoms with Crippen LogP contribution in [0.15, 0.2) is 0 Å². The van der Waals surface area contributed by atoms with E-state index in [2.05, 4.69) is 26.1 Å². The summed E-state index contributed by atoms with van der Waals surface area (Å²) in [5.41, 5.74) is 5.67. The molecule has 3 nitrogen and oxygen atoms in total. The molecular weight excluding hydrogens is 176 g/mol. The van der Waals surface area contributed by atoms with Crippen molar-refractivity contribution in [3.05, 3.63) is 0 Å². The van der Waals surface area contributed by atoms with Crippen LogP contribution in [0.1, 0.15) is 40.5 Å². The highest BCUT2D eigenvalue weighted by Crippen LogP contribution is 2.25. The molecule has 3 N–H and O–H groups in total. The second-order valence-corrected chi connectivity index (χ2v) is 4.96. The number of nitrogens with one attached hydrogen (secondary N) is 1. The molecule has 0 fully saturated rings. The Bertz CT molecular complexity index is 178. The van der Waals surface area contributed by atoms with E-state index in [4.69, 9.17) is 5.73 Å². The standard InChI is InChI=1S/C11H24N2O/c1-9(5-6-12)7-11(3,4)8-13-10(2)14/h9H,5-8,12H2,1-4H3,(H,13,14). The van der Waals surface area contributed by atoms with Gasteiger partial charge < -0.3 is 11.1 Å². The van der Waals surface area contributed by atoms with E-state index in [1.807, 2.05) is 0 Å². The molecule has 0 bridgehead atoms. The van der Waals surface area contributed by atoms with Crippen LogP contribution in [0.4, 0.5) is 0 Å². The highest BCUT2D eigenvalue weighted by Gasteiger charge is 2.20. The highest BCUT2D eigenvalue weighted by atomic mass is 16.1. The van der Waals surface area contributed by atoms with Crippen molar-refractivity contribution in [3.8, 4) is 0 Å². The second-order valence-electron chi connectivity index (χ2n) is 4.96. The fourth-order valence-corrected chi connectivity index (χ4v) is 1.77. The van der Waals surface area contributed by atoms with Crippen molar-refractivity contribution >= 4 is 5.91 Å². The van der Waals surface area contributed by atoms with E-state index in [1.165, 1.54) is 0 Å². The topological polar surface area (TPSA) is 55.1 Å².